The molecule has 0 N–H and O–H groups in total. The van der Waals surface area contributed by atoms with E-state index in [1.807, 2.05) is 24.3 Å². The second-order valence-corrected chi connectivity index (χ2v) is 4.06. The van der Waals surface area contributed by atoms with Crippen molar-refractivity contribution < 1.29 is 4.42 Å². The first-order valence-electron chi connectivity index (χ1n) is 3.63. The molecule has 1 aromatic heterocycles. The van der Waals surface area contributed by atoms with E-state index in [1.165, 1.54) is 0 Å². The van der Waals surface area contributed by atoms with Gasteiger partial charge in [0.1, 0.15) is 0 Å². The quantitative estimate of drug-likeness (QED) is 0.752. The molecule has 2 nitrogen and oxygen atoms in total. The van der Waals surface area contributed by atoms with Crippen LogP contribution in [0, 0.1) is 3.57 Å². The number of rotatable bonds is 1. The van der Waals surface area contributed by atoms with E-state index >= 15 is 0 Å². The maximum absolute atomic E-state index is 5.57. The summed E-state index contributed by atoms with van der Waals surface area (Å²) in [5.74, 6) is 0.698. The Morgan fingerprint density at radius 1 is 1.38 bits per heavy atom. The van der Waals surface area contributed by atoms with Gasteiger partial charge in [-0.15, -0.1) is 0 Å². The van der Waals surface area contributed by atoms with Crippen molar-refractivity contribution in [1.82, 2.24) is 4.98 Å². The molecule has 0 aliphatic heterocycles. The number of halogens is 2. The van der Waals surface area contributed by atoms with E-state index < -0.39 is 0 Å². The summed E-state index contributed by atoms with van der Waals surface area (Å²) in [5, 5.41) is 0.175. The zero-order valence-electron chi connectivity index (χ0n) is 6.50. The summed E-state index contributed by atoms with van der Waals surface area (Å²) in [4.78, 5) is 3.82. The van der Waals surface area contributed by atoms with Crippen LogP contribution in [0.3, 0.4) is 0 Å². The van der Waals surface area contributed by atoms with Gasteiger partial charge in [-0.25, -0.2) is 4.98 Å². The molecule has 0 unspecified atom stereocenters. The molecule has 2 rings (SSSR count). The highest BCUT2D eigenvalue weighted by Gasteiger charge is 2.03. The van der Waals surface area contributed by atoms with E-state index in [0.717, 1.165) is 9.13 Å². The highest BCUT2D eigenvalue weighted by atomic mass is 127. The predicted molar refractivity (Wildman–Crippen MR) is 59.7 cm³/mol. The Hall–Kier alpha value is -0.550. The third kappa shape index (κ3) is 2.03. The average molecular weight is 306 g/mol. The molecule has 1 heterocycles. The Morgan fingerprint density at radius 3 is 2.85 bits per heavy atom. The molecule has 66 valence electrons. The van der Waals surface area contributed by atoms with Crippen molar-refractivity contribution in [1.29, 1.82) is 0 Å². The van der Waals surface area contributed by atoms with Gasteiger partial charge in [0.15, 0.2) is 5.76 Å². The van der Waals surface area contributed by atoms with Crippen LogP contribution in [0.4, 0.5) is 0 Å². The van der Waals surface area contributed by atoms with Gasteiger partial charge in [0.25, 0.3) is 5.35 Å². The molecule has 0 atom stereocenters. The number of aromatic nitrogens is 1. The van der Waals surface area contributed by atoms with Crippen LogP contribution in [0.15, 0.2) is 34.9 Å². The zero-order chi connectivity index (χ0) is 9.26. The molecule has 0 bridgehead atoms. The zero-order valence-corrected chi connectivity index (χ0v) is 9.41. The minimum absolute atomic E-state index is 0.175. The number of benzene rings is 1. The Kier molecular flexibility index (Phi) is 2.55. The van der Waals surface area contributed by atoms with Crippen LogP contribution < -0.4 is 0 Å². The fourth-order valence-electron chi connectivity index (χ4n) is 1.03. The molecule has 0 spiro atoms. The molecule has 4 heteroatoms. The van der Waals surface area contributed by atoms with Crippen molar-refractivity contribution in [2.75, 3.05) is 0 Å². The molecule has 0 aliphatic rings. The van der Waals surface area contributed by atoms with Crippen LogP contribution >= 0.6 is 34.2 Å². The van der Waals surface area contributed by atoms with Gasteiger partial charge in [-0.3, -0.25) is 0 Å². The van der Waals surface area contributed by atoms with Crippen molar-refractivity contribution in [3.63, 3.8) is 0 Å². The fourth-order valence-corrected chi connectivity index (χ4v) is 1.70. The number of hydrogen-bond acceptors (Lipinski definition) is 2. The molecule has 13 heavy (non-hydrogen) atoms. The lowest BCUT2D eigenvalue weighted by Gasteiger charge is -1.95. The van der Waals surface area contributed by atoms with E-state index in [9.17, 15) is 0 Å². The van der Waals surface area contributed by atoms with Gasteiger partial charge in [-0.05, 0) is 46.3 Å². The molecule has 2 aromatic rings. The third-order valence-corrected chi connectivity index (χ3v) is 2.43. The van der Waals surface area contributed by atoms with Gasteiger partial charge in [0.05, 0.1) is 6.20 Å². The topological polar surface area (TPSA) is 26.0 Å². The summed E-state index contributed by atoms with van der Waals surface area (Å²) < 4.78 is 6.33. The van der Waals surface area contributed by atoms with Gasteiger partial charge < -0.3 is 4.42 Å². The van der Waals surface area contributed by atoms with Gasteiger partial charge in [-0.1, -0.05) is 12.1 Å². The number of oxazole rings is 1. The normalized spacial score (nSPS) is 10.3. The van der Waals surface area contributed by atoms with Crippen LogP contribution in [0.5, 0.6) is 0 Å². The molecular weight excluding hydrogens is 300 g/mol. The van der Waals surface area contributed by atoms with E-state index in [0.29, 0.717) is 5.76 Å². The molecule has 0 fully saturated rings. The minimum atomic E-state index is 0.175. The van der Waals surface area contributed by atoms with Crippen LogP contribution in [0.2, 0.25) is 5.35 Å². The van der Waals surface area contributed by atoms with E-state index in [1.54, 1.807) is 6.20 Å². The van der Waals surface area contributed by atoms with Gasteiger partial charge in [0, 0.05) is 9.13 Å². The van der Waals surface area contributed by atoms with Crippen molar-refractivity contribution in [3.8, 4) is 11.3 Å². The average Bonchev–Trinajstić information content (AvgIpc) is 2.52. The Morgan fingerprint density at radius 2 is 2.23 bits per heavy atom. The van der Waals surface area contributed by atoms with Crippen LogP contribution in [-0.4, -0.2) is 4.98 Å². The SMILES string of the molecule is Clc1ncc(-c2cccc(I)c2)o1. The number of hydrogen-bond donors (Lipinski definition) is 0. The Bertz CT molecular complexity index is 427. The Labute approximate surface area is 94.1 Å². The molecule has 0 amide bonds. The highest BCUT2D eigenvalue weighted by molar-refractivity contribution is 14.1. The second-order valence-electron chi connectivity index (χ2n) is 2.49. The minimum Gasteiger partial charge on any atom is -0.428 e. The standard InChI is InChI=1S/C9H5ClINO/c10-9-12-5-8(13-9)6-2-1-3-7(11)4-6/h1-5H. The molecule has 1 aromatic carbocycles. The second kappa shape index (κ2) is 3.67. The lowest BCUT2D eigenvalue weighted by atomic mass is 10.2. The highest BCUT2D eigenvalue weighted by Crippen LogP contribution is 2.23. The van der Waals surface area contributed by atoms with Gasteiger partial charge >= 0.3 is 0 Å². The van der Waals surface area contributed by atoms with Crippen LogP contribution in [0.25, 0.3) is 11.3 Å². The van der Waals surface area contributed by atoms with E-state index in [-0.39, 0.29) is 5.35 Å². The first-order valence-corrected chi connectivity index (χ1v) is 5.08. The molecule has 0 aliphatic carbocycles. The summed E-state index contributed by atoms with van der Waals surface area (Å²) in [6.45, 7) is 0. The van der Waals surface area contributed by atoms with Crippen molar-refractivity contribution in [2.45, 2.75) is 0 Å². The number of nitrogens with zero attached hydrogens (tertiary/aromatic N) is 1. The molecule has 0 radical (unpaired) electrons. The molecule has 0 saturated carbocycles. The van der Waals surface area contributed by atoms with Crippen molar-refractivity contribution in [3.05, 3.63) is 39.4 Å². The largest absolute Gasteiger partial charge is 0.428 e. The lowest BCUT2D eigenvalue weighted by molar-refractivity contribution is 0.574. The first kappa shape index (κ1) is 9.02. The predicted octanol–water partition coefficient (Wildman–Crippen LogP) is 3.60. The summed E-state index contributed by atoms with van der Waals surface area (Å²) in [6, 6.07) is 7.95. The fraction of sp³-hybridized carbons (Fsp3) is 0. The van der Waals surface area contributed by atoms with Gasteiger partial charge in [-0.2, -0.15) is 0 Å². The van der Waals surface area contributed by atoms with E-state index in [2.05, 4.69) is 27.6 Å². The molecular formula is C9H5ClINO. The maximum atomic E-state index is 5.57. The summed E-state index contributed by atoms with van der Waals surface area (Å²) >= 11 is 7.81. The lowest BCUT2D eigenvalue weighted by Crippen LogP contribution is -1.74. The first-order chi connectivity index (χ1) is 6.25. The molecule has 0 saturated heterocycles. The van der Waals surface area contributed by atoms with Crippen LogP contribution in [-0.2, 0) is 0 Å². The smallest absolute Gasteiger partial charge is 0.292 e. The monoisotopic (exact) mass is 305 g/mol. The van der Waals surface area contributed by atoms with Crippen molar-refractivity contribution in [2.24, 2.45) is 0 Å². The summed E-state index contributed by atoms with van der Waals surface area (Å²) in [6.07, 6.45) is 1.62. The summed E-state index contributed by atoms with van der Waals surface area (Å²) in [5.41, 5.74) is 0.992. The van der Waals surface area contributed by atoms with Crippen LogP contribution in [0.1, 0.15) is 0 Å². The Balaban J connectivity index is 2.46. The van der Waals surface area contributed by atoms with Gasteiger partial charge in [0.2, 0.25) is 0 Å². The van der Waals surface area contributed by atoms with E-state index in [4.69, 9.17) is 16.0 Å². The van der Waals surface area contributed by atoms with Crippen molar-refractivity contribution >= 4 is 34.2 Å². The maximum Gasteiger partial charge on any atom is 0.292 e. The summed E-state index contributed by atoms with van der Waals surface area (Å²) in [7, 11) is 0. The third-order valence-electron chi connectivity index (χ3n) is 1.59.